The average molecular weight is 898 g/mol. The fraction of sp³-hybridized carbons (Fsp3) is 0.360. The van der Waals surface area contributed by atoms with E-state index in [4.69, 9.17) is 18.9 Å². The number of rotatable bonds is 26. The molecule has 0 aliphatic rings. The highest BCUT2D eigenvalue weighted by molar-refractivity contribution is 6.06. The van der Waals surface area contributed by atoms with Gasteiger partial charge >= 0.3 is 6.18 Å². The molecule has 0 radical (unpaired) electrons. The highest BCUT2D eigenvalue weighted by atomic mass is 19.4. The van der Waals surface area contributed by atoms with Gasteiger partial charge in [0, 0.05) is 66.9 Å². The first kappa shape index (κ1) is 49.9. The van der Waals surface area contributed by atoms with Crippen LogP contribution in [0.5, 0.6) is 0 Å². The molecule has 0 aliphatic carbocycles. The molecule has 3 N–H and O–H groups in total. The third kappa shape index (κ3) is 16.4. The van der Waals surface area contributed by atoms with Crippen LogP contribution in [0.3, 0.4) is 0 Å². The Kier molecular flexibility index (Phi) is 19.9. The first-order valence-electron chi connectivity index (χ1n) is 21.8. The van der Waals surface area contributed by atoms with Crippen LogP contribution in [0.15, 0.2) is 109 Å². The second-order valence-corrected chi connectivity index (χ2v) is 15.0. The van der Waals surface area contributed by atoms with Gasteiger partial charge in [-0.15, -0.1) is 0 Å². The second-order valence-electron chi connectivity index (χ2n) is 15.0. The van der Waals surface area contributed by atoms with Crippen molar-refractivity contribution in [2.24, 2.45) is 0 Å². The van der Waals surface area contributed by atoms with E-state index < -0.39 is 17.6 Å². The van der Waals surface area contributed by atoms with Crippen molar-refractivity contribution in [2.45, 2.75) is 46.3 Å². The standard InChI is InChI=1S/C50H58F3N5O7/c1-4-58(5-2)43-17-18-45(44(34-43)46-33-41(19-20-54-46)48(60)56-35-38-12-8-16-42(32-38)50(51,52)53)57-49(61)40-15-7-11-37(31-40)13-9-22-62-24-26-64-28-29-65-27-25-63-23-21-55-47(59)39-14-6-10-36(3)30-39/h6-8,10-12,14-20,30-34H,4-5,9,13,21-29,35H2,1-3H3,(H,55,59)(H,56,60)(H,57,61). The van der Waals surface area contributed by atoms with Gasteiger partial charge in [0.1, 0.15) is 0 Å². The number of hydrogen-bond acceptors (Lipinski definition) is 9. The molecular formula is C50H58F3N5O7. The Hall–Kier alpha value is -6.13. The van der Waals surface area contributed by atoms with E-state index in [9.17, 15) is 27.6 Å². The summed E-state index contributed by atoms with van der Waals surface area (Å²) in [5.41, 5.74) is 5.33. The molecule has 0 saturated heterocycles. The Bertz CT molecular complexity index is 2300. The number of amides is 3. The Morgan fingerprint density at radius 3 is 1.94 bits per heavy atom. The molecular weight excluding hydrogens is 840 g/mol. The number of carbonyl (C=O) groups is 3. The van der Waals surface area contributed by atoms with Gasteiger partial charge in [-0.25, -0.2) is 0 Å². The molecule has 346 valence electrons. The van der Waals surface area contributed by atoms with E-state index in [1.54, 1.807) is 18.2 Å². The highest BCUT2D eigenvalue weighted by Crippen LogP contribution is 2.33. The van der Waals surface area contributed by atoms with Gasteiger partial charge in [0.05, 0.1) is 63.2 Å². The van der Waals surface area contributed by atoms with E-state index in [0.717, 1.165) is 48.5 Å². The lowest BCUT2D eigenvalue weighted by atomic mass is 10.0. The lowest BCUT2D eigenvalue weighted by Crippen LogP contribution is -2.27. The smallest absolute Gasteiger partial charge is 0.379 e. The number of aromatic nitrogens is 1. The molecule has 1 aromatic heterocycles. The molecule has 0 bridgehead atoms. The third-order valence-corrected chi connectivity index (χ3v) is 10.3. The average Bonchev–Trinajstić information content (AvgIpc) is 3.31. The number of anilines is 2. The van der Waals surface area contributed by atoms with Gasteiger partial charge in [0.15, 0.2) is 0 Å². The molecule has 12 nitrogen and oxygen atoms in total. The fourth-order valence-corrected chi connectivity index (χ4v) is 6.83. The summed E-state index contributed by atoms with van der Waals surface area (Å²) < 4.78 is 62.1. The van der Waals surface area contributed by atoms with Crippen molar-refractivity contribution >= 4 is 29.1 Å². The molecule has 0 atom stereocenters. The summed E-state index contributed by atoms with van der Waals surface area (Å²) >= 11 is 0. The maximum atomic E-state index is 13.7. The molecule has 0 aliphatic heterocycles. The summed E-state index contributed by atoms with van der Waals surface area (Å²) in [4.78, 5) is 45.8. The Balaban J connectivity index is 1.03. The molecule has 3 amide bonds. The number of ether oxygens (including phenoxy) is 4. The highest BCUT2D eigenvalue weighted by Gasteiger charge is 2.30. The number of nitrogens with zero attached hydrogens (tertiary/aromatic N) is 2. The van der Waals surface area contributed by atoms with Crippen LogP contribution in [0.2, 0.25) is 0 Å². The molecule has 0 spiro atoms. The van der Waals surface area contributed by atoms with Gasteiger partial charge < -0.3 is 39.8 Å². The summed E-state index contributed by atoms with van der Waals surface area (Å²) in [6.07, 6.45) is -1.56. The lowest BCUT2D eigenvalue weighted by molar-refractivity contribution is -0.137. The van der Waals surface area contributed by atoms with E-state index in [1.807, 2.05) is 75.4 Å². The number of aryl methyl sites for hydroxylation is 2. The molecule has 4 aromatic carbocycles. The SMILES string of the molecule is CCN(CC)c1ccc(NC(=O)c2cccc(CCCOCCOCCOCCOCCNC(=O)c3cccc(C)c3)c2)c(-c2cc(C(=O)NCc3cccc(C(F)(F)F)c3)ccn2)c1. The molecule has 0 saturated carbocycles. The number of pyridine rings is 1. The predicted octanol–water partition coefficient (Wildman–Crippen LogP) is 8.53. The summed E-state index contributed by atoms with van der Waals surface area (Å²) in [5.74, 6) is -0.924. The van der Waals surface area contributed by atoms with Crippen LogP contribution in [0, 0.1) is 6.92 Å². The van der Waals surface area contributed by atoms with Crippen LogP contribution in [0.4, 0.5) is 24.5 Å². The largest absolute Gasteiger partial charge is 0.416 e. The van der Waals surface area contributed by atoms with Gasteiger partial charge in [-0.1, -0.05) is 42.0 Å². The van der Waals surface area contributed by atoms with Crippen molar-refractivity contribution < 1.29 is 46.5 Å². The zero-order valence-corrected chi connectivity index (χ0v) is 37.2. The Morgan fingerprint density at radius 2 is 1.25 bits per heavy atom. The van der Waals surface area contributed by atoms with Gasteiger partial charge in [0.25, 0.3) is 17.7 Å². The number of alkyl halides is 3. The number of halogens is 3. The summed E-state index contributed by atoms with van der Waals surface area (Å²) in [5, 5.41) is 8.58. The van der Waals surface area contributed by atoms with E-state index >= 15 is 0 Å². The topological polar surface area (TPSA) is 140 Å². The number of nitrogens with one attached hydrogen (secondary N) is 3. The minimum absolute atomic E-state index is 0.0996. The number of benzene rings is 4. The first-order valence-corrected chi connectivity index (χ1v) is 21.8. The van der Waals surface area contributed by atoms with Crippen LogP contribution in [0.25, 0.3) is 11.3 Å². The van der Waals surface area contributed by atoms with Crippen molar-refractivity contribution in [3.05, 3.63) is 148 Å². The number of hydrogen-bond donors (Lipinski definition) is 3. The first-order chi connectivity index (χ1) is 31.4. The molecule has 65 heavy (non-hydrogen) atoms. The van der Waals surface area contributed by atoms with Gasteiger partial charge in [-0.05, 0) is 111 Å². The zero-order valence-electron chi connectivity index (χ0n) is 37.2. The normalized spacial score (nSPS) is 11.3. The Labute approximate surface area is 378 Å². The summed E-state index contributed by atoms with van der Waals surface area (Å²) in [6, 6.07) is 28.4. The Morgan fingerprint density at radius 1 is 0.631 bits per heavy atom. The molecule has 5 aromatic rings. The maximum Gasteiger partial charge on any atom is 0.416 e. The van der Waals surface area contributed by atoms with Crippen LogP contribution in [0.1, 0.15) is 73.6 Å². The van der Waals surface area contributed by atoms with Gasteiger partial charge in [-0.3, -0.25) is 19.4 Å². The molecule has 5 rings (SSSR count). The molecule has 15 heteroatoms. The van der Waals surface area contributed by atoms with Gasteiger partial charge in [-0.2, -0.15) is 13.2 Å². The third-order valence-electron chi connectivity index (χ3n) is 10.3. The van der Waals surface area contributed by atoms with Crippen LogP contribution in [-0.2, 0) is 38.1 Å². The second kappa shape index (κ2) is 26.0. The van der Waals surface area contributed by atoms with Crippen molar-refractivity contribution in [3.63, 3.8) is 0 Å². The van der Waals surface area contributed by atoms with Crippen LogP contribution < -0.4 is 20.9 Å². The minimum atomic E-state index is -4.49. The number of carbonyl (C=O) groups excluding carboxylic acids is 3. The molecule has 0 fully saturated rings. The zero-order chi connectivity index (χ0) is 46.4. The van der Waals surface area contributed by atoms with Crippen molar-refractivity contribution in [2.75, 3.05) is 82.7 Å². The minimum Gasteiger partial charge on any atom is -0.379 e. The summed E-state index contributed by atoms with van der Waals surface area (Å²) in [7, 11) is 0. The predicted molar refractivity (Wildman–Crippen MR) is 245 cm³/mol. The van der Waals surface area contributed by atoms with Crippen molar-refractivity contribution in [3.8, 4) is 11.3 Å². The van der Waals surface area contributed by atoms with Gasteiger partial charge in [0.2, 0.25) is 0 Å². The van der Waals surface area contributed by atoms with Crippen molar-refractivity contribution in [1.29, 1.82) is 0 Å². The van der Waals surface area contributed by atoms with E-state index in [1.165, 1.54) is 24.4 Å². The summed E-state index contributed by atoms with van der Waals surface area (Å²) in [6.45, 7) is 11.3. The molecule has 0 unspecified atom stereocenters. The maximum absolute atomic E-state index is 13.7. The van der Waals surface area contributed by atoms with E-state index in [-0.39, 0.29) is 23.9 Å². The quantitative estimate of drug-likeness (QED) is 0.0466. The van der Waals surface area contributed by atoms with Crippen LogP contribution in [-0.4, -0.2) is 95.2 Å². The monoisotopic (exact) mass is 897 g/mol. The molecule has 1 heterocycles. The van der Waals surface area contributed by atoms with Crippen molar-refractivity contribution in [1.82, 2.24) is 15.6 Å². The fourth-order valence-electron chi connectivity index (χ4n) is 6.83. The van der Waals surface area contributed by atoms with Crippen LogP contribution >= 0.6 is 0 Å². The van der Waals surface area contributed by atoms with E-state index in [2.05, 4.69) is 25.8 Å². The lowest BCUT2D eigenvalue weighted by Gasteiger charge is -2.23. The van der Waals surface area contributed by atoms with E-state index in [0.29, 0.717) is 99.5 Å².